The Morgan fingerprint density at radius 3 is 2.46 bits per heavy atom. The fourth-order valence-electron chi connectivity index (χ4n) is 4.61. The van der Waals surface area contributed by atoms with E-state index in [-0.39, 0.29) is 24.5 Å². The predicted octanol–water partition coefficient (Wildman–Crippen LogP) is 4.82. The Morgan fingerprint density at radius 2 is 1.77 bits per heavy atom. The van der Waals surface area contributed by atoms with E-state index in [4.69, 9.17) is 4.74 Å². The lowest BCUT2D eigenvalue weighted by Gasteiger charge is -2.38. The van der Waals surface area contributed by atoms with Crippen LogP contribution in [0.25, 0.3) is 0 Å². The molecule has 4 rings (SSSR count). The standard InChI is InChI=1S/C30H35FN4O4/c1-20-16-35(21(2)19-36)29(37)26-15-25(33-30(38)32-24-11-9-23(31)10-12-24)13-14-27(26)39-28(20)18-34(3)17-22-7-5-4-6-8-22/h4-15,20-21,28,36H,16-19H2,1-3H3,(H2,32,33,38)/t20-,21+,28-/m1/s1. The van der Waals surface area contributed by atoms with Crippen molar-refractivity contribution in [1.29, 1.82) is 0 Å². The summed E-state index contributed by atoms with van der Waals surface area (Å²) in [6, 6.07) is 19.6. The summed E-state index contributed by atoms with van der Waals surface area (Å²) < 4.78 is 19.6. The van der Waals surface area contributed by atoms with Crippen molar-refractivity contribution in [2.45, 2.75) is 32.5 Å². The highest BCUT2D eigenvalue weighted by Crippen LogP contribution is 2.31. The first-order chi connectivity index (χ1) is 18.7. The van der Waals surface area contributed by atoms with Crippen LogP contribution in [-0.2, 0) is 6.54 Å². The van der Waals surface area contributed by atoms with Crippen molar-refractivity contribution in [1.82, 2.24) is 9.80 Å². The maximum absolute atomic E-state index is 13.6. The SMILES string of the molecule is C[C@@H]1CN([C@@H](C)CO)C(=O)c2cc(NC(=O)Nc3ccc(F)cc3)ccc2O[C@@H]1CN(C)Cc1ccccc1. The van der Waals surface area contributed by atoms with Crippen LogP contribution in [0.2, 0.25) is 0 Å². The minimum Gasteiger partial charge on any atom is -0.488 e. The van der Waals surface area contributed by atoms with Crippen molar-refractivity contribution in [3.63, 3.8) is 0 Å². The summed E-state index contributed by atoms with van der Waals surface area (Å²) in [6.45, 7) is 5.47. The molecule has 3 N–H and O–H groups in total. The largest absolute Gasteiger partial charge is 0.488 e. The maximum atomic E-state index is 13.6. The highest BCUT2D eigenvalue weighted by atomic mass is 19.1. The quantitative estimate of drug-likeness (QED) is 0.385. The summed E-state index contributed by atoms with van der Waals surface area (Å²) in [5, 5.41) is 15.2. The van der Waals surface area contributed by atoms with E-state index in [0.717, 1.165) is 6.54 Å². The second-order valence-corrected chi connectivity index (χ2v) is 10.1. The molecule has 0 saturated carbocycles. The third kappa shape index (κ3) is 7.34. The number of anilines is 2. The summed E-state index contributed by atoms with van der Waals surface area (Å²) in [5.74, 6) is -0.267. The van der Waals surface area contributed by atoms with Crippen molar-refractivity contribution in [3.05, 3.63) is 89.7 Å². The third-order valence-electron chi connectivity index (χ3n) is 6.81. The Morgan fingerprint density at radius 1 is 1.10 bits per heavy atom. The van der Waals surface area contributed by atoms with Gasteiger partial charge >= 0.3 is 6.03 Å². The number of fused-ring (bicyclic) bond motifs is 1. The van der Waals surface area contributed by atoms with Gasteiger partial charge in [0.15, 0.2) is 0 Å². The molecule has 0 radical (unpaired) electrons. The number of halogens is 1. The molecule has 1 aliphatic rings. The van der Waals surface area contributed by atoms with Gasteiger partial charge in [-0.25, -0.2) is 9.18 Å². The van der Waals surface area contributed by atoms with E-state index in [1.807, 2.05) is 39.1 Å². The smallest absolute Gasteiger partial charge is 0.323 e. The third-order valence-corrected chi connectivity index (χ3v) is 6.81. The fraction of sp³-hybridized carbons (Fsp3) is 0.333. The van der Waals surface area contributed by atoms with Gasteiger partial charge in [-0.15, -0.1) is 0 Å². The summed E-state index contributed by atoms with van der Waals surface area (Å²) in [7, 11) is 2.04. The summed E-state index contributed by atoms with van der Waals surface area (Å²) in [6.07, 6.45) is -0.223. The molecule has 0 bridgehead atoms. The Bertz CT molecular complexity index is 1270. The van der Waals surface area contributed by atoms with Gasteiger partial charge in [0, 0.05) is 36.9 Å². The lowest BCUT2D eigenvalue weighted by Crippen LogP contribution is -2.49. The van der Waals surface area contributed by atoms with Crippen molar-refractivity contribution >= 4 is 23.3 Å². The average Bonchev–Trinajstić information content (AvgIpc) is 2.92. The highest BCUT2D eigenvalue weighted by molar-refractivity contribution is 6.02. The number of carbonyl (C=O) groups is 2. The minimum atomic E-state index is -0.532. The molecule has 8 nitrogen and oxygen atoms in total. The van der Waals surface area contributed by atoms with Gasteiger partial charge in [0.25, 0.3) is 5.91 Å². The Kier molecular flexibility index (Phi) is 9.16. The summed E-state index contributed by atoms with van der Waals surface area (Å²) in [5.41, 5.74) is 2.32. The van der Waals surface area contributed by atoms with Crippen molar-refractivity contribution in [2.75, 3.05) is 37.4 Å². The Hall–Kier alpha value is -3.95. The first-order valence-corrected chi connectivity index (χ1v) is 13.0. The van der Waals surface area contributed by atoms with Gasteiger partial charge in [0.2, 0.25) is 0 Å². The second kappa shape index (κ2) is 12.7. The normalized spacial score (nSPS) is 18.0. The zero-order chi connectivity index (χ0) is 27.9. The van der Waals surface area contributed by atoms with Crippen molar-refractivity contribution in [2.24, 2.45) is 5.92 Å². The number of aliphatic hydroxyl groups excluding tert-OH is 1. The first-order valence-electron chi connectivity index (χ1n) is 13.0. The van der Waals surface area contributed by atoms with Gasteiger partial charge in [-0.3, -0.25) is 9.69 Å². The molecule has 0 aromatic heterocycles. The minimum absolute atomic E-state index is 0.00591. The van der Waals surface area contributed by atoms with Gasteiger partial charge in [-0.1, -0.05) is 37.3 Å². The molecule has 39 heavy (non-hydrogen) atoms. The molecule has 1 aliphatic heterocycles. The number of rotatable bonds is 8. The number of nitrogens with one attached hydrogen (secondary N) is 2. The molecule has 3 aromatic rings. The Balaban J connectivity index is 1.55. The number of carbonyl (C=O) groups excluding carboxylic acids is 2. The van der Waals surface area contributed by atoms with E-state index in [2.05, 4.69) is 27.7 Å². The van der Waals surface area contributed by atoms with E-state index >= 15 is 0 Å². The number of benzene rings is 3. The summed E-state index contributed by atoms with van der Waals surface area (Å²) in [4.78, 5) is 30.0. The Labute approximate surface area is 228 Å². The monoisotopic (exact) mass is 534 g/mol. The molecular weight excluding hydrogens is 499 g/mol. The number of amides is 3. The number of likely N-dealkylation sites (N-methyl/N-ethyl adjacent to an activating group) is 1. The molecule has 0 spiro atoms. The zero-order valence-electron chi connectivity index (χ0n) is 22.4. The number of hydrogen-bond acceptors (Lipinski definition) is 5. The van der Waals surface area contributed by atoms with Crippen LogP contribution >= 0.6 is 0 Å². The zero-order valence-corrected chi connectivity index (χ0v) is 22.4. The maximum Gasteiger partial charge on any atom is 0.323 e. The summed E-state index contributed by atoms with van der Waals surface area (Å²) >= 11 is 0. The van der Waals surface area contributed by atoms with Crippen LogP contribution in [0.1, 0.15) is 29.8 Å². The van der Waals surface area contributed by atoms with Crippen molar-refractivity contribution in [3.8, 4) is 5.75 Å². The highest BCUT2D eigenvalue weighted by Gasteiger charge is 2.33. The number of hydrogen-bond donors (Lipinski definition) is 3. The lowest BCUT2D eigenvalue weighted by molar-refractivity contribution is 0.0341. The van der Waals surface area contributed by atoms with Gasteiger partial charge < -0.3 is 25.4 Å². The van der Waals surface area contributed by atoms with Crippen LogP contribution in [0.4, 0.5) is 20.6 Å². The molecule has 3 amide bonds. The van der Waals surface area contributed by atoms with E-state index in [1.54, 1.807) is 23.1 Å². The first kappa shape index (κ1) is 28.1. The van der Waals surface area contributed by atoms with Crippen LogP contribution in [0, 0.1) is 11.7 Å². The van der Waals surface area contributed by atoms with E-state index in [0.29, 0.717) is 35.8 Å². The van der Waals surface area contributed by atoms with Crippen LogP contribution in [0.3, 0.4) is 0 Å². The second-order valence-electron chi connectivity index (χ2n) is 10.1. The topological polar surface area (TPSA) is 94.1 Å². The van der Waals surface area contributed by atoms with Gasteiger partial charge in [-0.05, 0) is 62.0 Å². The molecular formula is C30H35FN4O4. The van der Waals surface area contributed by atoms with Gasteiger partial charge in [0.05, 0.1) is 18.2 Å². The molecule has 206 valence electrons. The fourth-order valence-corrected chi connectivity index (χ4v) is 4.61. The lowest BCUT2D eigenvalue weighted by atomic mass is 9.99. The average molecular weight is 535 g/mol. The molecule has 1 heterocycles. The van der Waals surface area contributed by atoms with E-state index < -0.39 is 17.9 Å². The molecule has 3 atom stereocenters. The molecule has 0 saturated heterocycles. The van der Waals surface area contributed by atoms with Crippen LogP contribution in [0.15, 0.2) is 72.8 Å². The number of ether oxygens (including phenoxy) is 1. The number of urea groups is 1. The molecule has 0 aliphatic carbocycles. The van der Waals surface area contributed by atoms with Crippen LogP contribution in [-0.4, -0.2) is 65.7 Å². The molecule has 0 fully saturated rings. The van der Waals surface area contributed by atoms with E-state index in [1.165, 1.54) is 29.8 Å². The molecule has 0 unspecified atom stereocenters. The van der Waals surface area contributed by atoms with Crippen LogP contribution in [0.5, 0.6) is 5.75 Å². The number of aliphatic hydroxyl groups is 1. The number of nitrogens with zero attached hydrogens (tertiary/aromatic N) is 2. The predicted molar refractivity (Wildman–Crippen MR) is 149 cm³/mol. The van der Waals surface area contributed by atoms with Crippen molar-refractivity contribution < 1.29 is 23.8 Å². The molecule has 3 aromatic carbocycles. The van der Waals surface area contributed by atoms with Gasteiger partial charge in [0.1, 0.15) is 17.7 Å². The van der Waals surface area contributed by atoms with Gasteiger partial charge in [-0.2, -0.15) is 0 Å². The van der Waals surface area contributed by atoms with Crippen LogP contribution < -0.4 is 15.4 Å². The molecule has 9 heteroatoms. The van der Waals surface area contributed by atoms with E-state index in [9.17, 15) is 19.1 Å².